The zero-order valence-electron chi connectivity index (χ0n) is 10.8. The molecule has 0 unspecified atom stereocenters. The summed E-state index contributed by atoms with van der Waals surface area (Å²) in [5, 5.41) is 0. The zero-order valence-corrected chi connectivity index (χ0v) is 13.1. The Hall–Kier alpha value is -1.09. The maximum Gasteiger partial charge on any atom is 0.397 e. The Morgan fingerprint density at radius 3 is 2.29 bits per heavy atom. The van der Waals surface area contributed by atoms with E-state index in [0.717, 1.165) is 6.92 Å². The predicted molar refractivity (Wildman–Crippen MR) is 69.5 cm³/mol. The van der Waals surface area contributed by atoms with Crippen LogP contribution in [0.25, 0.3) is 0 Å². The summed E-state index contributed by atoms with van der Waals surface area (Å²) in [4.78, 5) is 46.2. The smallest absolute Gasteiger partial charge is 0.397 e. The highest BCUT2D eigenvalue weighted by molar-refractivity contribution is 6.67. The first-order chi connectivity index (χ1) is 9.58. The van der Waals surface area contributed by atoms with Crippen LogP contribution >= 0.6 is 34.8 Å². The lowest BCUT2D eigenvalue weighted by molar-refractivity contribution is -0.216. The lowest BCUT2D eigenvalue weighted by Gasteiger charge is -2.42. The second-order valence-electron chi connectivity index (χ2n) is 3.86. The highest BCUT2D eigenvalue weighted by atomic mass is 35.6. The van der Waals surface area contributed by atoms with Crippen LogP contribution in [0.3, 0.4) is 0 Å². The summed E-state index contributed by atoms with van der Waals surface area (Å²) in [5.74, 6) is -4.39. The molecule has 8 nitrogen and oxygen atoms in total. The van der Waals surface area contributed by atoms with Gasteiger partial charge in [0.15, 0.2) is 6.10 Å². The van der Waals surface area contributed by atoms with E-state index in [-0.39, 0.29) is 0 Å². The molecule has 0 aromatic rings. The predicted octanol–water partition coefficient (Wildman–Crippen LogP) is 0.173. The van der Waals surface area contributed by atoms with Crippen molar-refractivity contribution >= 4 is 58.6 Å². The van der Waals surface area contributed by atoms with Crippen LogP contribution in [0.1, 0.15) is 6.92 Å². The molecule has 118 valence electrons. The summed E-state index contributed by atoms with van der Waals surface area (Å²) in [6.45, 7) is 0.384. The third-order valence-electron chi connectivity index (χ3n) is 2.30. The number of carbonyl (C=O) groups is 4. The highest BCUT2D eigenvalue weighted by Gasteiger charge is 2.55. The van der Waals surface area contributed by atoms with Crippen LogP contribution in [0.15, 0.2) is 0 Å². The average Bonchev–Trinajstić information content (AvgIpc) is 2.34. The molecule has 0 spiro atoms. The van der Waals surface area contributed by atoms with Crippen LogP contribution in [-0.4, -0.2) is 58.5 Å². The molecule has 1 saturated heterocycles. The second kappa shape index (κ2) is 6.78. The molecule has 1 aliphatic heterocycles. The van der Waals surface area contributed by atoms with Crippen LogP contribution in [-0.2, 0) is 33.4 Å². The van der Waals surface area contributed by atoms with Crippen LogP contribution in [0, 0.1) is 0 Å². The number of hydrogen-bond acceptors (Lipinski definition) is 7. The summed E-state index contributed by atoms with van der Waals surface area (Å²) in [6, 6.07) is 0. The van der Waals surface area contributed by atoms with Gasteiger partial charge in [-0.2, -0.15) is 0 Å². The summed E-state index contributed by atoms with van der Waals surface area (Å²) >= 11 is 16.1. The third-order valence-corrected chi connectivity index (χ3v) is 2.62. The van der Waals surface area contributed by atoms with Gasteiger partial charge in [0.05, 0.1) is 0 Å². The number of ether oxygens (including phenoxy) is 3. The Balaban J connectivity index is 2.73. The average molecular weight is 363 g/mol. The Bertz CT molecular complexity index is 476. The summed E-state index contributed by atoms with van der Waals surface area (Å²) in [7, 11) is 1.18. The van der Waals surface area contributed by atoms with E-state index in [2.05, 4.69) is 4.74 Å². The van der Waals surface area contributed by atoms with Gasteiger partial charge in [0, 0.05) is 14.0 Å². The molecule has 0 aromatic heterocycles. The maximum atomic E-state index is 11.8. The van der Waals surface area contributed by atoms with E-state index in [1.165, 1.54) is 7.11 Å². The first-order valence-corrected chi connectivity index (χ1v) is 6.52. The van der Waals surface area contributed by atoms with E-state index in [0.29, 0.717) is 4.90 Å². The van der Waals surface area contributed by atoms with Crippen molar-refractivity contribution in [1.29, 1.82) is 0 Å². The Kier molecular flexibility index (Phi) is 5.80. The van der Waals surface area contributed by atoms with Crippen LogP contribution in [0.5, 0.6) is 0 Å². The lowest BCUT2D eigenvalue weighted by Crippen LogP contribution is -2.69. The standard InChI is InChI=1S/C10H10Cl3NO7/c1-4(15)21-8-5(19-2)6(16)14(8)7(17)9(18)20-3-10(11,12)13/h5,8H,3H2,1-2H3/t5-,8-/m1/s1. The first kappa shape index (κ1) is 18.0. The molecule has 0 bridgehead atoms. The van der Waals surface area contributed by atoms with Gasteiger partial charge in [-0.05, 0) is 0 Å². The molecule has 0 N–H and O–H groups in total. The van der Waals surface area contributed by atoms with Crippen molar-refractivity contribution in [2.75, 3.05) is 13.7 Å². The minimum atomic E-state index is -1.90. The van der Waals surface area contributed by atoms with Gasteiger partial charge >= 0.3 is 17.8 Å². The van der Waals surface area contributed by atoms with Crippen molar-refractivity contribution in [2.45, 2.75) is 23.0 Å². The third kappa shape index (κ3) is 4.44. The van der Waals surface area contributed by atoms with E-state index in [9.17, 15) is 19.2 Å². The Labute approximate surface area is 134 Å². The van der Waals surface area contributed by atoms with E-state index < -0.39 is 46.5 Å². The van der Waals surface area contributed by atoms with Gasteiger partial charge in [-0.15, -0.1) is 0 Å². The minimum absolute atomic E-state index is 0.399. The fraction of sp³-hybridized carbons (Fsp3) is 0.600. The molecular formula is C10H10Cl3NO7. The molecule has 1 heterocycles. The van der Waals surface area contributed by atoms with E-state index in [4.69, 9.17) is 44.3 Å². The van der Waals surface area contributed by atoms with Gasteiger partial charge in [0.25, 0.3) is 5.91 Å². The van der Waals surface area contributed by atoms with Crippen molar-refractivity contribution < 1.29 is 33.4 Å². The zero-order chi connectivity index (χ0) is 16.4. The van der Waals surface area contributed by atoms with Gasteiger partial charge in [0.1, 0.15) is 6.61 Å². The Morgan fingerprint density at radius 2 is 1.86 bits per heavy atom. The van der Waals surface area contributed by atoms with E-state index >= 15 is 0 Å². The number of imide groups is 1. The first-order valence-electron chi connectivity index (χ1n) is 5.39. The van der Waals surface area contributed by atoms with Crippen LogP contribution in [0.4, 0.5) is 0 Å². The number of esters is 2. The second-order valence-corrected chi connectivity index (χ2v) is 6.38. The number of rotatable bonds is 3. The number of halogens is 3. The van der Waals surface area contributed by atoms with Crippen LogP contribution < -0.4 is 0 Å². The normalized spacial score (nSPS) is 21.6. The van der Waals surface area contributed by atoms with Gasteiger partial charge in [-0.3, -0.25) is 14.4 Å². The van der Waals surface area contributed by atoms with Crippen molar-refractivity contribution in [1.82, 2.24) is 4.90 Å². The number of β-lactam (4-membered cyclic amide) rings is 1. The number of alkyl halides is 3. The van der Waals surface area contributed by atoms with E-state index in [1.807, 2.05) is 0 Å². The fourth-order valence-corrected chi connectivity index (χ4v) is 1.63. The topological polar surface area (TPSA) is 99.2 Å². The van der Waals surface area contributed by atoms with Gasteiger partial charge in [-0.1, -0.05) is 34.8 Å². The maximum absolute atomic E-state index is 11.8. The minimum Gasteiger partial charge on any atom is -0.454 e. The molecule has 21 heavy (non-hydrogen) atoms. The summed E-state index contributed by atoms with van der Waals surface area (Å²) in [6.07, 6.45) is -2.51. The number of amides is 2. The highest BCUT2D eigenvalue weighted by Crippen LogP contribution is 2.27. The summed E-state index contributed by atoms with van der Waals surface area (Å²) in [5.41, 5.74) is 0. The monoisotopic (exact) mass is 361 g/mol. The molecule has 1 fully saturated rings. The summed E-state index contributed by atoms with van der Waals surface area (Å²) < 4.78 is 12.0. The number of carbonyl (C=O) groups excluding carboxylic acids is 4. The molecule has 0 radical (unpaired) electrons. The molecule has 2 atom stereocenters. The van der Waals surface area contributed by atoms with Gasteiger partial charge in [0.2, 0.25) is 10.0 Å². The van der Waals surface area contributed by atoms with Gasteiger partial charge < -0.3 is 14.2 Å². The molecule has 0 saturated carbocycles. The van der Waals surface area contributed by atoms with Gasteiger partial charge in [-0.25, -0.2) is 9.69 Å². The van der Waals surface area contributed by atoms with Crippen molar-refractivity contribution in [3.05, 3.63) is 0 Å². The van der Waals surface area contributed by atoms with Crippen molar-refractivity contribution in [3.8, 4) is 0 Å². The molecule has 2 amide bonds. The molecular weight excluding hydrogens is 352 g/mol. The molecule has 0 aliphatic carbocycles. The van der Waals surface area contributed by atoms with Crippen molar-refractivity contribution in [3.63, 3.8) is 0 Å². The molecule has 1 rings (SSSR count). The van der Waals surface area contributed by atoms with Crippen molar-refractivity contribution in [2.24, 2.45) is 0 Å². The Morgan fingerprint density at radius 1 is 1.29 bits per heavy atom. The quantitative estimate of drug-likeness (QED) is 0.305. The number of methoxy groups -OCH3 is 1. The fourth-order valence-electron chi connectivity index (χ4n) is 1.46. The van der Waals surface area contributed by atoms with Crippen LogP contribution in [0.2, 0.25) is 0 Å². The molecule has 11 heteroatoms. The van der Waals surface area contributed by atoms with E-state index in [1.54, 1.807) is 0 Å². The number of nitrogens with zero attached hydrogens (tertiary/aromatic N) is 1. The lowest BCUT2D eigenvalue weighted by atomic mass is 10.1. The molecule has 1 aliphatic rings. The number of likely N-dealkylation sites (tertiary alicyclic amines) is 1. The molecule has 0 aromatic carbocycles. The number of hydrogen-bond donors (Lipinski definition) is 0. The largest absolute Gasteiger partial charge is 0.454 e. The SMILES string of the molecule is CO[C@@H]1C(=O)N(C(=O)C(=O)OCC(Cl)(Cl)Cl)[C@@H]1OC(C)=O.